The molecule has 0 aromatic rings. The van der Waals surface area contributed by atoms with Crippen molar-refractivity contribution >= 4 is 8.56 Å². The minimum atomic E-state index is -2.36. The van der Waals surface area contributed by atoms with Gasteiger partial charge in [-0.3, -0.25) is 0 Å². The van der Waals surface area contributed by atoms with Crippen LogP contribution in [0.2, 0.25) is 0 Å². The fraction of sp³-hybridized carbons (Fsp3) is 1.00. The average Bonchev–Trinajstić information content (AvgIpc) is 2.43. The third-order valence-electron chi connectivity index (χ3n) is 2.48. The predicted octanol–water partition coefficient (Wildman–Crippen LogP) is 3.21. The molecule has 0 atom stereocenters. The standard InChI is InChI=1S/C14H32O4Si/c1-5-9-15-13-19(17-11-7-3,18-12-8-4)14-16-10-6-2/h5-14H2,1-4H3. The van der Waals surface area contributed by atoms with Crippen LogP contribution in [0, 0.1) is 0 Å². The van der Waals surface area contributed by atoms with Crippen LogP contribution in [0.1, 0.15) is 53.4 Å². The van der Waals surface area contributed by atoms with Crippen molar-refractivity contribution in [1.82, 2.24) is 0 Å². The fourth-order valence-electron chi connectivity index (χ4n) is 1.57. The summed E-state index contributed by atoms with van der Waals surface area (Å²) in [6, 6.07) is 0. The van der Waals surface area contributed by atoms with Gasteiger partial charge in [0.1, 0.15) is 0 Å². The van der Waals surface area contributed by atoms with E-state index in [0.29, 0.717) is 12.5 Å². The molecule has 0 aromatic heterocycles. The highest BCUT2D eigenvalue weighted by molar-refractivity contribution is 6.67. The number of hydrogen-bond donors (Lipinski definition) is 0. The average molecular weight is 292 g/mol. The molecule has 0 amide bonds. The lowest BCUT2D eigenvalue weighted by Crippen LogP contribution is -2.53. The van der Waals surface area contributed by atoms with Crippen LogP contribution in [-0.4, -0.2) is 47.4 Å². The number of hydrogen-bond acceptors (Lipinski definition) is 4. The van der Waals surface area contributed by atoms with Gasteiger partial charge in [-0.25, -0.2) is 0 Å². The molecule has 0 unspecified atom stereocenters. The van der Waals surface area contributed by atoms with E-state index in [0.717, 1.165) is 52.1 Å². The third-order valence-corrected chi connectivity index (χ3v) is 5.23. The maximum atomic E-state index is 6.04. The van der Waals surface area contributed by atoms with Crippen LogP contribution >= 0.6 is 0 Å². The van der Waals surface area contributed by atoms with E-state index >= 15 is 0 Å². The highest BCUT2D eigenvalue weighted by Crippen LogP contribution is 2.12. The van der Waals surface area contributed by atoms with Gasteiger partial charge in [0.2, 0.25) is 0 Å². The second-order valence-electron chi connectivity index (χ2n) is 4.71. The van der Waals surface area contributed by atoms with Crippen molar-refractivity contribution in [2.24, 2.45) is 0 Å². The van der Waals surface area contributed by atoms with E-state index in [4.69, 9.17) is 18.3 Å². The Morgan fingerprint density at radius 2 is 0.947 bits per heavy atom. The van der Waals surface area contributed by atoms with Gasteiger partial charge in [-0.05, 0) is 25.7 Å². The summed E-state index contributed by atoms with van der Waals surface area (Å²) in [5, 5.41) is 0. The molecule has 0 radical (unpaired) electrons. The third kappa shape index (κ3) is 9.57. The lowest BCUT2D eigenvalue weighted by Gasteiger charge is -2.30. The zero-order valence-electron chi connectivity index (χ0n) is 13.2. The zero-order chi connectivity index (χ0) is 14.4. The van der Waals surface area contributed by atoms with E-state index < -0.39 is 8.56 Å². The Morgan fingerprint density at radius 1 is 0.579 bits per heavy atom. The predicted molar refractivity (Wildman–Crippen MR) is 80.5 cm³/mol. The molecule has 0 fully saturated rings. The SMILES string of the molecule is CCCOC[Si](COCCC)(OCCC)OCCC. The Morgan fingerprint density at radius 3 is 1.26 bits per heavy atom. The minimum Gasteiger partial charge on any atom is -0.392 e. The summed E-state index contributed by atoms with van der Waals surface area (Å²) in [6.45, 7) is 11.4. The van der Waals surface area contributed by atoms with E-state index in [1.807, 2.05) is 0 Å². The van der Waals surface area contributed by atoms with Crippen molar-refractivity contribution in [3.8, 4) is 0 Å². The fourth-order valence-corrected chi connectivity index (χ4v) is 4.13. The van der Waals surface area contributed by atoms with Gasteiger partial charge in [0.05, 0.1) is 12.5 Å². The van der Waals surface area contributed by atoms with Crippen molar-refractivity contribution in [3.63, 3.8) is 0 Å². The monoisotopic (exact) mass is 292 g/mol. The summed E-state index contributed by atoms with van der Waals surface area (Å²) in [4.78, 5) is 0. The van der Waals surface area contributed by atoms with Gasteiger partial charge in [-0.15, -0.1) is 0 Å². The second-order valence-corrected chi connectivity index (χ2v) is 7.69. The Labute approximate surface area is 120 Å². The summed E-state index contributed by atoms with van der Waals surface area (Å²) in [5.74, 6) is 0. The van der Waals surface area contributed by atoms with E-state index in [-0.39, 0.29) is 0 Å². The summed E-state index contributed by atoms with van der Waals surface area (Å²) in [7, 11) is -2.36. The molecule has 0 aliphatic carbocycles. The first-order valence-corrected chi connectivity index (χ1v) is 9.91. The van der Waals surface area contributed by atoms with E-state index in [1.54, 1.807) is 0 Å². The zero-order valence-corrected chi connectivity index (χ0v) is 14.2. The van der Waals surface area contributed by atoms with Gasteiger partial charge >= 0.3 is 8.56 Å². The van der Waals surface area contributed by atoms with Gasteiger partial charge in [0.15, 0.2) is 0 Å². The molecule has 0 aliphatic heterocycles. The van der Waals surface area contributed by atoms with Crippen LogP contribution in [0.3, 0.4) is 0 Å². The Kier molecular flexibility index (Phi) is 13.1. The lowest BCUT2D eigenvalue weighted by molar-refractivity contribution is 0.0639. The normalized spacial score (nSPS) is 12.0. The molecule has 4 nitrogen and oxygen atoms in total. The van der Waals surface area contributed by atoms with Crippen molar-refractivity contribution < 1.29 is 18.3 Å². The first-order valence-electron chi connectivity index (χ1n) is 7.68. The minimum absolute atomic E-state index is 0.574. The first kappa shape index (κ1) is 19.1. The maximum Gasteiger partial charge on any atom is 0.391 e. The van der Waals surface area contributed by atoms with Crippen molar-refractivity contribution in [3.05, 3.63) is 0 Å². The van der Waals surface area contributed by atoms with Crippen LogP contribution in [0.25, 0.3) is 0 Å². The topological polar surface area (TPSA) is 36.9 Å². The Hall–Kier alpha value is 0.0569. The molecule has 116 valence electrons. The molecule has 0 spiro atoms. The van der Waals surface area contributed by atoms with E-state index in [9.17, 15) is 0 Å². The second kappa shape index (κ2) is 13.1. The Balaban J connectivity index is 4.44. The molecule has 19 heavy (non-hydrogen) atoms. The molecule has 0 bridgehead atoms. The van der Waals surface area contributed by atoms with Gasteiger partial charge in [0, 0.05) is 26.4 Å². The molecule has 0 aliphatic rings. The molecule has 0 heterocycles. The molecule has 5 heteroatoms. The van der Waals surface area contributed by atoms with Gasteiger partial charge in [0.25, 0.3) is 0 Å². The van der Waals surface area contributed by atoms with E-state index in [1.165, 1.54) is 0 Å². The highest BCUT2D eigenvalue weighted by atomic mass is 28.4. The summed E-state index contributed by atoms with van der Waals surface area (Å²) < 4.78 is 23.5. The highest BCUT2D eigenvalue weighted by Gasteiger charge is 2.39. The largest absolute Gasteiger partial charge is 0.392 e. The van der Waals surface area contributed by atoms with Crippen molar-refractivity contribution in [2.75, 3.05) is 38.9 Å². The van der Waals surface area contributed by atoms with Crippen LogP contribution < -0.4 is 0 Å². The summed E-state index contributed by atoms with van der Waals surface area (Å²) in [6.07, 6.45) is 5.16. The quantitative estimate of drug-likeness (QED) is 0.364. The van der Waals surface area contributed by atoms with Crippen molar-refractivity contribution in [2.45, 2.75) is 53.4 Å². The maximum absolute atomic E-state index is 6.04. The number of rotatable bonds is 14. The first-order chi connectivity index (χ1) is 9.24. The van der Waals surface area contributed by atoms with Gasteiger partial charge < -0.3 is 18.3 Å². The molecular formula is C14H32O4Si. The lowest BCUT2D eigenvalue weighted by atomic mass is 10.5. The van der Waals surface area contributed by atoms with Crippen molar-refractivity contribution in [1.29, 1.82) is 0 Å². The number of ether oxygens (including phenoxy) is 2. The molecular weight excluding hydrogens is 260 g/mol. The van der Waals surface area contributed by atoms with Crippen LogP contribution in [0.4, 0.5) is 0 Å². The molecule has 0 saturated heterocycles. The molecule has 0 aromatic carbocycles. The van der Waals surface area contributed by atoms with E-state index in [2.05, 4.69) is 27.7 Å². The smallest absolute Gasteiger partial charge is 0.391 e. The van der Waals surface area contributed by atoms with Gasteiger partial charge in [-0.1, -0.05) is 27.7 Å². The van der Waals surface area contributed by atoms with Gasteiger partial charge in [-0.2, -0.15) is 0 Å². The van der Waals surface area contributed by atoms with Crippen LogP contribution in [0.15, 0.2) is 0 Å². The molecule has 0 N–H and O–H groups in total. The summed E-state index contributed by atoms with van der Waals surface area (Å²) >= 11 is 0. The summed E-state index contributed by atoms with van der Waals surface area (Å²) in [5.41, 5.74) is 0. The van der Waals surface area contributed by atoms with Crippen LogP contribution in [-0.2, 0) is 18.3 Å². The molecule has 0 saturated carbocycles. The Bertz CT molecular complexity index is 170. The molecule has 0 rings (SSSR count). The van der Waals surface area contributed by atoms with Crippen LogP contribution in [0.5, 0.6) is 0 Å².